The third-order valence-electron chi connectivity index (χ3n) is 1.52. The minimum Gasteiger partial charge on any atom is -0.364 e. The maximum Gasteiger partial charge on any atom is 0.123 e. The van der Waals surface area contributed by atoms with Crippen LogP contribution in [0, 0.1) is 0 Å². The molecule has 1 aromatic heterocycles. The van der Waals surface area contributed by atoms with Crippen LogP contribution in [0.5, 0.6) is 0 Å². The molecule has 1 N–H and O–H groups in total. The highest BCUT2D eigenvalue weighted by atomic mass is 16.5. The predicted octanol–water partition coefficient (Wildman–Crippen LogP) is 0.596. The first kappa shape index (κ1) is 9.22. The topological polar surface area (TPSA) is 39.1 Å². The van der Waals surface area contributed by atoms with E-state index in [-0.39, 0.29) is 0 Å². The fraction of sp³-hybridized carbons (Fsp3) is 0.625. The normalized spacial score (nSPS) is 10.5. The van der Waals surface area contributed by atoms with Gasteiger partial charge in [-0.05, 0) is 6.54 Å². The van der Waals surface area contributed by atoms with Crippen molar-refractivity contribution in [1.82, 2.24) is 14.9 Å². The molecule has 0 aliphatic rings. The molecule has 4 nitrogen and oxygen atoms in total. The van der Waals surface area contributed by atoms with Crippen molar-refractivity contribution >= 4 is 0 Å². The van der Waals surface area contributed by atoms with E-state index in [1.807, 2.05) is 10.8 Å². The van der Waals surface area contributed by atoms with Gasteiger partial charge in [-0.25, -0.2) is 4.98 Å². The first-order valence-corrected chi connectivity index (χ1v) is 4.07. The Balaban J connectivity index is 2.41. The summed E-state index contributed by atoms with van der Waals surface area (Å²) in [5.41, 5.74) is 1.05. The summed E-state index contributed by atoms with van der Waals surface area (Å²) in [6.07, 6.45) is 3.75. The van der Waals surface area contributed by atoms with Crippen molar-refractivity contribution in [3.63, 3.8) is 0 Å². The van der Waals surface area contributed by atoms with Crippen LogP contribution in [0.15, 0.2) is 12.5 Å². The number of methoxy groups -OCH3 is 1. The summed E-state index contributed by atoms with van der Waals surface area (Å²) in [6.45, 7) is 4.44. The Bertz CT molecular complexity index is 222. The summed E-state index contributed by atoms with van der Waals surface area (Å²) in [6, 6.07) is 0. The SMILES string of the molecule is CCNCc1cn(COC)cn1. The van der Waals surface area contributed by atoms with Crippen LogP contribution in [0.4, 0.5) is 0 Å². The summed E-state index contributed by atoms with van der Waals surface area (Å²) >= 11 is 0. The molecule has 0 amide bonds. The molecule has 1 heterocycles. The molecule has 0 fully saturated rings. The van der Waals surface area contributed by atoms with Gasteiger partial charge in [0.25, 0.3) is 0 Å². The van der Waals surface area contributed by atoms with Crippen molar-refractivity contribution in [1.29, 1.82) is 0 Å². The van der Waals surface area contributed by atoms with Gasteiger partial charge in [0, 0.05) is 19.9 Å². The van der Waals surface area contributed by atoms with Gasteiger partial charge in [0.2, 0.25) is 0 Å². The average Bonchev–Trinajstić information content (AvgIpc) is 2.50. The molecule has 4 heteroatoms. The molecule has 0 radical (unpaired) electrons. The van der Waals surface area contributed by atoms with Crippen molar-refractivity contribution in [3.05, 3.63) is 18.2 Å². The molecule has 0 atom stereocenters. The molecule has 0 unspecified atom stereocenters. The number of hydrogen-bond donors (Lipinski definition) is 1. The van der Waals surface area contributed by atoms with Crippen LogP contribution in [-0.2, 0) is 18.0 Å². The highest BCUT2D eigenvalue weighted by molar-refractivity contribution is 4.95. The third-order valence-corrected chi connectivity index (χ3v) is 1.52. The maximum absolute atomic E-state index is 4.95. The van der Waals surface area contributed by atoms with Gasteiger partial charge in [0.05, 0.1) is 12.0 Å². The predicted molar refractivity (Wildman–Crippen MR) is 46.6 cm³/mol. The number of imidazole rings is 1. The molecule has 0 saturated heterocycles. The molecular weight excluding hydrogens is 154 g/mol. The fourth-order valence-corrected chi connectivity index (χ4v) is 0.970. The molecule has 0 aliphatic carbocycles. The van der Waals surface area contributed by atoms with Gasteiger partial charge in [0.1, 0.15) is 6.73 Å². The quantitative estimate of drug-likeness (QED) is 0.701. The van der Waals surface area contributed by atoms with Crippen LogP contribution >= 0.6 is 0 Å². The number of nitrogens with one attached hydrogen (secondary N) is 1. The number of ether oxygens (including phenoxy) is 1. The lowest BCUT2D eigenvalue weighted by atomic mass is 10.5. The van der Waals surface area contributed by atoms with E-state index >= 15 is 0 Å². The van der Waals surface area contributed by atoms with E-state index in [0.29, 0.717) is 6.73 Å². The van der Waals surface area contributed by atoms with Gasteiger partial charge in [-0.2, -0.15) is 0 Å². The Morgan fingerprint density at radius 3 is 3.17 bits per heavy atom. The van der Waals surface area contributed by atoms with Gasteiger partial charge in [-0.3, -0.25) is 0 Å². The van der Waals surface area contributed by atoms with E-state index in [1.54, 1.807) is 13.4 Å². The van der Waals surface area contributed by atoms with Crippen LogP contribution in [0.3, 0.4) is 0 Å². The van der Waals surface area contributed by atoms with E-state index in [4.69, 9.17) is 4.74 Å². The van der Waals surface area contributed by atoms with E-state index in [1.165, 1.54) is 0 Å². The average molecular weight is 169 g/mol. The van der Waals surface area contributed by atoms with Crippen molar-refractivity contribution in [2.45, 2.75) is 20.2 Å². The molecule has 1 rings (SSSR count). The van der Waals surface area contributed by atoms with Crippen LogP contribution in [0.25, 0.3) is 0 Å². The minimum absolute atomic E-state index is 0.569. The van der Waals surface area contributed by atoms with E-state index in [2.05, 4.69) is 17.2 Å². The summed E-state index contributed by atoms with van der Waals surface area (Å²) in [5.74, 6) is 0. The smallest absolute Gasteiger partial charge is 0.123 e. The van der Waals surface area contributed by atoms with Crippen LogP contribution in [0.2, 0.25) is 0 Å². The Morgan fingerprint density at radius 2 is 2.50 bits per heavy atom. The van der Waals surface area contributed by atoms with Crippen LogP contribution in [-0.4, -0.2) is 23.2 Å². The second kappa shape index (κ2) is 4.90. The number of hydrogen-bond acceptors (Lipinski definition) is 3. The molecule has 0 aromatic carbocycles. The van der Waals surface area contributed by atoms with E-state index in [9.17, 15) is 0 Å². The Labute approximate surface area is 72.6 Å². The van der Waals surface area contributed by atoms with Crippen molar-refractivity contribution in [2.75, 3.05) is 13.7 Å². The molecular formula is C8H15N3O. The number of rotatable bonds is 5. The van der Waals surface area contributed by atoms with Crippen molar-refractivity contribution in [3.8, 4) is 0 Å². The van der Waals surface area contributed by atoms with E-state index < -0.39 is 0 Å². The molecule has 1 aromatic rings. The molecule has 0 aliphatic heterocycles. The summed E-state index contributed by atoms with van der Waals surface area (Å²) in [4.78, 5) is 4.19. The van der Waals surface area contributed by atoms with Crippen LogP contribution < -0.4 is 5.32 Å². The second-order valence-corrected chi connectivity index (χ2v) is 2.58. The molecule has 0 saturated carbocycles. The molecule has 0 spiro atoms. The van der Waals surface area contributed by atoms with Gasteiger partial charge in [0.15, 0.2) is 0 Å². The number of aromatic nitrogens is 2. The van der Waals surface area contributed by atoms with Crippen molar-refractivity contribution < 1.29 is 4.74 Å². The standard InChI is InChI=1S/C8H15N3O/c1-3-9-4-8-5-11(6-10-8)7-12-2/h5-6,9H,3-4,7H2,1-2H3. The zero-order chi connectivity index (χ0) is 8.81. The second-order valence-electron chi connectivity index (χ2n) is 2.58. The summed E-state index contributed by atoms with van der Waals surface area (Å²) < 4.78 is 6.86. The maximum atomic E-state index is 4.95. The zero-order valence-electron chi connectivity index (χ0n) is 7.58. The summed E-state index contributed by atoms with van der Waals surface area (Å²) in [5, 5.41) is 3.20. The number of nitrogens with zero attached hydrogens (tertiary/aromatic N) is 2. The highest BCUT2D eigenvalue weighted by Gasteiger charge is 1.95. The fourth-order valence-electron chi connectivity index (χ4n) is 0.970. The minimum atomic E-state index is 0.569. The zero-order valence-corrected chi connectivity index (χ0v) is 7.58. The van der Waals surface area contributed by atoms with Crippen molar-refractivity contribution in [2.24, 2.45) is 0 Å². The highest BCUT2D eigenvalue weighted by Crippen LogP contribution is 1.95. The molecule has 12 heavy (non-hydrogen) atoms. The van der Waals surface area contributed by atoms with Gasteiger partial charge >= 0.3 is 0 Å². The van der Waals surface area contributed by atoms with Gasteiger partial charge in [-0.15, -0.1) is 0 Å². The molecule has 0 bridgehead atoms. The summed E-state index contributed by atoms with van der Waals surface area (Å²) in [7, 11) is 1.67. The third kappa shape index (κ3) is 2.64. The Morgan fingerprint density at radius 1 is 1.67 bits per heavy atom. The monoisotopic (exact) mass is 169 g/mol. The van der Waals surface area contributed by atoms with Gasteiger partial charge in [-0.1, -0.05) is 6.92 Å². The van der Waals surface area contributed by atoms with Crippen LogP contribution in [0.1, 0.15) is 12.6 Å². The Kier molecular flexibility index (Phi) is 3.76. The lowest BCUT2D eigenvalue weighted by molar-refractivity contribution is 0.131. The molecule has 68 valence electrons. The lowest BCUT2D eigenvalue weighted by Crippen LogP contribution is -2.11. The Hall–Kier alpha value is -0.870. The lowest BCUT2D eigenvalue weighted by Gasteiger charge is -1.97. The largest absolute Gasteiger partial charge is 0.364 e. The first-order valence-electron chi connectivity index (χ1n) is 4.07. The first-order chi connectivity index (χ1) is 5.86. The van der Waals surface area contributed by atoms with Gasteiger partial charge < -0.3 is 14.6 Å². The van der Waals surface area contributed by atoms with E-state index in [0.717, 1.165) is 18.8 Å².